The van der Waals surface area contributed by atoms with Crippen molar-refractivity contribution in [3.05, 3.63) is 0 Å². The van der Waals surface area contributed by atoms with Gasteiger partial charge < -0.3 is 25.2 Å². The smallest absolute Gasteiger partial charge is 1.00 e. The molecule has 7 N–H and O–H groups in total. The Labute approximate surface area is 95.7 Å². The van der Waals surface area contributed by atoms with Crippen LogP contribution in [0.2, 0.25) is 0 Å². The second-order valence-corrected chi connectivity index (χ2v) is 2.39. The van der Waals surface area contributed by atoms with Gasteiger partial charge in [0.05, 0.1) is 0 Å². The van der Waals surface area contributed by atoms with E-state index in [9.17, 15) is 4.79 Å². The van der Waals surface area contributed by atoms with Gasteiger partial charge in [0, 0.05) is 6.54 Å². The summed E-state index contributed by atoms with van der Waals surface area (Å²) in [5.41, 5.74) is 15.3. The molecule has 0 aromatic heterocycles. The van der Waals surface area contributed by atoms with Crippen molar-refractivity contribution in [2.24, 2.45) is 22.2 Å². The Morgan fingerprint density at radius 3 is 2.46 bits per heavy atom. The van der Waals surface area contributed by atoms with E-state index in [1.807, 2.05) is 0 Å². The number of aliphatic carboxylic acids is 1. The molecule has 0 aromatic carbocycles. The Balaban J connectivity index is -0.000000202. The van der Waals surface area contributed by atoms with E-state index in [0.29, 0.717) is 19.4 Å². The number of guanidine groups is 1. The minimum atomic E-state index is -1.00. The second kappa shape index (κ2) is 8.08. The quantitative estimate of drug-likeness (QED) is 0.182. The fourth-order valence-electron chi connectivity index (χ4n) is 0.643. The zero-order valence-electron chi connectivity index (χ0n) is 9.44. The molecule has 7 heteroatoms. The van der Waals surface area contributed by atoms with E-state index in [-0.39, 0.29) is 31.9 Å². The third-order valence-electron chi connectivity index (χ3n) is 1.28. The maximum absolute atomic E-state index is 10.2. The maximum Gasteiger partial charge on any atom is 2.00 e. The molecule has 0 spiro atoms. The molecule has 0 bridgehead atoms. The van der Waals surface area contributed by atoms with Crippen LogP contribution in [0.1, 0.15) is 15.7 Å². The van der Waals surface area contributed by atoms with Gasteiger partial charge >= 0.3 is 29.0 Å². The number of nitrogens with zero attached hydrogens (tertiary/aromatic N) is 1. The Morgan fingerprint density at radius 1 is 1.54 bits per heavy atom. The fourth-order valence-corrected chi connectivity index (χ4v) is 0.643. The van der Waals surface area contributed by atoms with Gasteiger partial charge in [0.1, 0.15) is 6.04 Å². The Kier molecular flexibility index (Phi) is 9.30. The van der Waals surface area contributed by atoms with Gasteiger partial charge in [-0.1, -0.05) is 0 Å². The molecule has 0 radical (unpaired) electrons. The molecule has 1 unspecified atom stereocenters. The Bertz CT molecular complexity index is 190. The van der Waals surface area contributed by atoms with E-state index in [0.717, 1.165) is 0 Å². The molecular formula is C6H16MgN4O2. The van der Waals surface area contributed by atoms with E-state index in [2.05, 4.69) is 4.99 Å². The molecular weight excluding hydrogens is 184 g/mol. The van der Waals surface area contributed by atoms with E-state index in [1.54, 1.807) is 0 Å². The minimum Gasteiger partial charge on any atom is -1.00 e. The van der Waals surface area contributed by atoms with Crippen LogP contribution in [-0.2, 0) is 4.79 Å². The van der Waals surface area contributed by atoms with Gasteiger partial charge in [-0.05, 0) is 12.8 Å². The molecule has 0 aliphatic rings. The first-order valence-electron chi connectivity index (χ1n) is 3.58. The van der Waals surface area contributed by atoms with Crippen molar-refractivity contribution in [2.45, 2.75) is 18.9 Å². The molecule has 0 aliphatic carbocycles. The van der Waals surface area contributed by atoms with Gasteiger partial charge in [0.15, 0.2) is 5.96 Å². The van der Waals surface area contributed by atoms with Crippen molar-refractivity contribution in [3.63, 3.8) is 0 Å². The van der Waals surface area contributed by atoms with Crippen molar-refractivity contribution >= 4 is 35.0 Å². The number of nitrogens with two attached hydrogens (primary N) is 3. The van der Waals surface area contributed by atoms with E-state index in [4.69, 9.17) is 22.3 Å². The normalized spacial score (nSPS) is 11.2. The zero-order chi connectivity index (χ0) is 9.56. The summed E-state index contributed by atoms with van der Waals surface area (Å²) in [5.74, 6) is -0.987. The largest absolute Gasteiger partial charge is 2.00 e. The molecule has 0 aliphatic heterocycles. The van der Waals surface area contributed by atoms with Gasteiger partial charge in [0.25, 0.3) is 0 Å². The molecule has 6 nitrogen and oxygen atoms in total. The summed E-state index contributed by atoms with van der Waals surface area (Å²) in [6.07, 6.45) is 0.956. The van der Waals surface area contributed by atoms with Crippen LogP contribution in [0.4, 0.5) is 0 Å². The molecule has 0 amide bonds. The number of carboxylic acid groups (broad SMARTS) is 1. The number of rotatable bonds is 5. The van der Waals surface area contributed by atoms with Crippen molar-refractivity contribution < 1.29 is 12.8 Å². The van der Waals surface area contributed by atoms with Gasteiger partial charge in [-0.3, -0.25) is 9.79 Å². The molecule has 0 rings (SSSR count). The molecule has 0 heterocycles. The third-order valence-corrected chi connectivity index (χ3v) is 1.28. The zero-order valence-corrected chi connectivity index (χ0v) is 8.85. The van der Waals surface area contributed by atoms with E-state index in [1.165, 1.54) is 0 Å². The standard InChI is InChI=1S/C6H14N4O2.Mg.2H/c7-4(5(11)12)2-1-3-10-6(8)9;;;/h4H,1-3,7H2,(H,11,12)(H4,8,9,10);;;/q;+2;2*-1. The third kappa shape index (κ3) is 9.38. The maximum atomic E-state index is 10.2. The molecule has 1 atom stereocenters. The molecule has 13 heavy (non-hydrogen) atoms. The first-order chi connectivity index (χ1) is 5.54. The Hall–Kier alpha value is -0.534. The first kappa shape index (κ1) is 15.0. The number of hydrogen-bond acceptors (Lipinski definition) is 3. The van der Waals surface area contributed by atoms with Crippen LogP contribution < -0.4 is 17.2 Å². The van der Waals surface area contributed by atoms with Gasteiger partial charge in [-0.2, -0.15) is 0 Å². The SMILES string of the molecule is NC(N)=NCCCC(N)C(=O)O.[H-].[H-].[Mg+2]. The summed E-state index contributed by atoms with van der Waals surface area (Å²) in [7, 11) is 0. The van der Waals surface area contributed by atoms with Crippen LogP contribution in [0.3, 0.4) is 0 Å². The molecule has 0 saturated heterocycles. The first-order valence-corrected chi connectivity index (χ1v) is 3.58. The van der Waals surface area contributed by atoms with Crippen LogP contribution >= 0.6 is 0 Å². The van der Waals surface area contributed by atoms with Crippen molar-refractivity contribution in [1.82, 2.24) is 0 Å². The molecule has 74 valence electrons. The van der Waals surface area contributed by atoms with Crippen molar-refractivity contribution in [1.29, 1.82) is 0 Å². The van der Waals surface area contributed by atoms with E-state index >= 15 is 0 Å². The molecule has 0 saturated carbocycles. The number of aliphatic imine (C=N–C) groups is 1. The van der Waals surface area contributed by atoms with Crippen LogP contribution in [0.25, 0.3) is 0 Å². The molecule has 0 fully saturated rings. The van der Waals surface area contributed by atoms with Crippen LogP contribution in [-0.4, -0.2) is 52.7 Å². The fraction of sp³-hybridized carbons (Fsp3) is 0.667. The number of carboxylic acids is 1. The van der Waals surface area contributed by atoms with Gasteiger partial charge in [-0.15, -0.1) is 0 Å². The Morgan fingerprint density at radius 2 is 2.08 bits per heavy atom. The van der Waals surface area contributed by atoms with Gasteiger partial charge in [0.2, 0.25) is 0 Å². The predicted octanol–water partition coefficient (Wildman–Crippen LogP) is -1.70. The topological polar surface area (TPSA) is 128 Å². The minimum absolute atomic E-state index is 0. The summed E-state index contributed by atoms with van der Waals surface area (Å²) < 4.78 is 0. The number of carbonyl (C=O) groups is 1. The van der Waals surface area contributed by atoms with Crippen molar-refractivity contribution in [3.8, 4) is 0 Å². The second-order valence-electron chi connectivity index (χ2n) is 2.39. The summed E-state index contributed by atoms with van der Waals surface area (Å²) in [6.45, 7) is 0.420. The van der Waals surface area contributed by atoms with Crippen LogP contribution in [0, 0.1) is 0 Å². The summed E-state index contributed by atoms with van der Waals surface area (Å²) in [4.78, 5) is 13.9. The summed E-state index contributed by atoms with van der Waals surface area (Å²) in [5, 5.41) is 8.38. The summed E-state index contributed by atoms with van der Waals surface area (Å²) >= 11 is 0. The monoisotopic (exact) mass is 200 g/mol. The summed E-state index contributed by atoms with van der Waals surface area (Å²) in [6, 6.07) is -0.820. The van der Waals surface area contributed by atoms with Crippen molar-refractivity contribution in [2.75, 3.05) is 6.54 Å². The average molecular weight is 201 g/mol. The predicted molar refractivity (Wildman–Crippen MR) is 53.5 cm³/mol. The molecule has 0 aromatic rings. The van der Waals surface area contributed by atoms with E-state index < -0.39 is 12.0 Å². The number of hydrogen-bond donors (Lipinski definition) is 4. The van der Waals surface area contributed by atoms with Gasteiger partial charge in [-0.25, -0.2) is 0 Å². The van der Waals surface area contributed by atoms with Crippen LogP contribution in [0.15, 0.2) is 4.99 Å². The van der Waals surface area contributed by atoms with Crippen LogP contribution in [0.5, 0.6) is 0 Å². The average Bonchev–Trinajstić information content (AvgIpc) is 1.97.